The van der Waals surface area contributed by atoms with Crippen molar-refractivity contribution >= 4 is 5.91 Å². The number of hydrogen-bond donors (Lipinski definition) is 0. The molecule has 0 spiro atoms. The average Bonchev–Trinajstić information content (AvgIpc) is 2.98. The lowest BCUT2D eigenvalue weighted by atomic mass is 9.98. The number of pyridine rings is 1. The smallest absolute Gasteiger partial charge is 0.251 e. The number of carbonyl (C=O) groups is 1. The lowest BCUT2D eigenvalue weighted by Gasteiger charge is -2.36. The molecular weight excluding hydrogens is 290 g/mol. The van der Waals surface area contributed by atoms with Crippen molar-refractivity contribution in [1.82, 2.24) is 14.8 Å². The Morgan fingerprint density at radius 3 is 3.09 bits per heavy atom. The largest absolute Gasteiger partial charge is 0.363 e. The molecule has 23 heavy (non-hydrogen) atoms. The van der Waals surface area contributed by atoms with Gasteiger partial charge in [-0.25, -0.2) is 0 Å². The zero-order valence-corrected chi connectivity index (χ0v) is 13.7. The summed E-state index contributed by atoms with van der Waals surface area (Å²) in [5, 5.41) is 0. The van der Waals surface area contributed by atoms with Crippen LogP contribution in [0, 0.1) is 0 Å². The Morgan fingerprint density at radius 2 is 2.35 bits per heavy atom. The van der Waals surface area contributed by atoms with Gasteiger partial charge in [-0.05, 0) is 31.4 Å². The summed E-state index contributed by atoms with van der Waals surface area (Å²) in [5.41, 5.74) is 0.898. The Bertz CT molecular complexity index is 548. The first-order valence-electron chi connectivity index (χ1n) is 8.34. The molecule has 0 aliphatic carbocycles. The summed E-state index contributed by atoms with van der Waals surface area (Å²) >= 11 is 0. The number of nitrogens with zero attached hydrogens (tertiary/aromatic N) is 3. The first kappa shape index (κ1) is 16.1. The van der Waals surface area contributed by atoms with Crippen LogP contribution in [-0.4, -0.2) is 59.1 Å². The van der Waals surface area contributed by atoms with Crippen LogP contribution in [0.2, 0.25) is 0 Å². The Morgan fingerprint density at radius 1 is 1.48 bits per heavy atom. The molecule has 2 fully saturated rings. The molecule has 3 heterocycles. The van der Waals surface area contributed by atoms with Crippen LogP contribution in [0.15, 0.2) is 37.1 Å². The maximum atomic E-state index is 12.6. The van der Waals surface area contributed by atoms with Gasteiger partial charge in [0, 0.05) is 32.4 Å². The van der Waals surface area contributed by atoms with Crippen molar-refractivity contribution in [2.24, 2.45) is 0 Å². The van der Waals surface area contributed by atoms with E-state index in [0.29, 0.717) is 12.6 Å². The highest BCUT2D eigenvalue weighted by Crippen LogP contribution is 2.31. The normalized spacial score (nSPS) is 27.4. The summed E-state index contributed by atoms with van der Waals surface area (Å²) in [6.07, 6.45) is 6.38. The van der Waals surface area contributed by atoms with Crippen LogP contribution >= 0.6 is 0 Å². The fraction of sp³-hybridized carbons (Fsp3) is 0.556. The third-order valence-corrected chi connectivity index (χ3v) is 4.80. The van der Waals surface area contributed by atoms with Crippen LogP contribution in [-0.2, 0) is 16.1 Å². The molecule has 124 valence electrons. The van der Waals surface area contributed by atoms with Gasteiger partial charge in [0.2, 0.25) is 0 Å². The Balaban J connectivity index is 1.56. The molecule has 2 saturated heterocycles. The van der Waals surface area contributed by atoms with Crippen LogP contribution in [0.25, 0.3) is 0 Å². The third-order valence-electron chi connectivity index (χ3n) is 4.80. The molecule has 2 aliphatic rings. The zero-order valence-electron chi connectivity index (χ0n) is 13.7. The first-order chi connectivity index (χ1) is 11.2. The minimum atomic E-state index is -0.311. The van der Waals surface area contributed by atoms with Gasteiger partial charge in [0.25, 0.3) is 5.91 Å². The Labute approximate surface area is 137 Å². The van der Waals surface area contributed by atoms with E-state index in [1.54, 1.807) is 11.1 Å². The Kier molecular flexibility index (Phi) is 5.08. The summed E-state index contributed by atoms with van der Waals surface area (Å²) in [6.45, 7) is 6.28. The van der Waals surface area contributed by atoms with Gasteiger partial charge in [-0.3, -0.25) is 14.7 Å². The summed E-state index contributed by atoms with van der Waals surface area (Å²) in [6, 6.07) is 6.20. The van der Waals surface area contributed by atoms with Gasteiger partial charge in [-0.15, -0.1) is 6.58 Å². The fourth-order valence-corrected chi connectivity index (χ4v) is 3.65. The highest BCUT2D eigenvalue weighted by atomic mass is 16.5. The molecule has 0 N–H and O–H groups in total. The van der Waals surface area contributed by atoms with E-state index in [1.807, 2.05) is 31.3 Å². The van der Waals surface area contributed by atoms with Crippen molar-refractivity contribution in [3.05, 3.63) is 42.7 Å². The second-order valence-corrected chi connectivity index (χ2v) is 6.40. The van der Waals surface area contributed by atoms with E-state index in [0.717, 1.165) is 38.0 Å². The molecule has 0 bridgehead atoms. The van der Waals surface area contributed by atoms with E-state index in [-0.39, 0.29) is 18.1 Å². The highest BCUT2D eigenvalue weighted by Gasteiger charge is 2.41. The second kappa shape index (κ2) is 7.23. The topological polar surface area (TPSA) is 45.7 Å². The molecule has 1 aromatic heterocycles. The zero-order chi connectivity index (χ0) is 16.2. The summed E-state index contributed by atoms with van der Waals surface area (Å²) < 4.78 is 6.12. The molecule has 0 aromatic carbocycles. The predicted molar refractivity (Wildman–Crippen MR) is 88.8 cm³/mol. The molecule has 3 rings (SSSR count). The molecule has 0 radical (unpaired) electrons. The van der Waals surface area contributed by atoms with Gasteiger partial charge < -0.3 is 9.64 Å². The lowest BCUT2D eigenvalue weighted by Crippen LogP contribution is -2.48. The summed E-state index contributed by atoms with van der Waals surface area (Å²) in [4.78, 5) is 21.1. The SMILES string of the molecule is C=CCN1CC[C@@H]2O[C@H](C(=O)N(C)Cc3ccccn3)CC[C@@H]21. The molecular formula is C18H25N3O2. The summed E-state index contributed by atoms with van der Waals surface area (Å²) in [7, 11) is 1.82. The Hall–Kier alpha value is -1.72. The molecule has 5 heteroatoms. The molecule has 1 aromatic rings. The molecule has 5 nitrogen and oxygen atoms in total. The van der Waals surface area contributed by atoms with E-state index < -0.39 is 0 Å². The summed E-state index contributed by atoms with van der Waals surface area (Å²) in [5.74, 6) is 0.0660. The second-order valence-electron chi connectivity index (χ2n) is 6.40. The van der Waals surface area contributed by atoms with Crippen molar-refractivity contribution in [2.45, 2.75) is 44.1 Å². The quantitative estimate of drug-likeness (QED) is 0.778. The highest BCUT2D eigenvalue weighted by molar-refractivity contribution is 5.80. The maximum Gasteiger partial charge on any atom is 0.251 e. The van der Waals surface area contributed by atoms with Crippen molar-refractivity contribution in [3.8, 4) is 0 Å². The standard InChI is InChI=1S/C18H25N3O2/c1-3-11-21-12-9-16-15(21)7-8-17(23-16)18(22)20(2)13-14-6-4-5-10-19-14/h3-6,10,15-17H,1,7-9,11-13H2,2H3/t15-,16-,17-/m0/s1. The van der Waals surface area contributed by atoms with Gasteiger partial charge in [0.05, 0.1) is 18.3 Å². The monoisotopic (exact) mass is 315 g/mol. The van der Waals surface area contributed by atoms with E-state index in [4.69, 9.17) is 4.74 Å². The van der Waals surface area contributed by atoms with Crippen LogP contribution < -0.4 is 0 Å². The lowest BCUT2D eigenvalue weighted by molar-refractivity contribution is -0.153. The van der Waals surface area contributed by atoms with E-state index in [2.05, 4.69) is 16.5 Å². The average molecular weight is 315 g/mol. The third kappa shape index (κ3) is 3.62. The number of ether oxygens (including phenoxy) is 1. The van der Waals surface area contributed by atoms with Crippen LogP contribution in [0.5, 0.6) is 0 Å². The van der Waals surface area contributed by atoms with Crippen molar-refractivity contribution < 1.29 is 9.53 Å². The number of fused-ring (bicyclic) bond motifs is 1. The molecule has 2 aliphatic heterocycles. The van der Waals surface area contributed by atoms with Gasteiger partial charge in [0.1, 0.15) is 6.10 Å². The molecule has 0 unspecified atom stereocenters. The van der Waals surface area contributed by atoms with Crippen molar-refractivity contribution in [1.29, 1.82) is 0 Å². The number of amides is 1. The van der Waals surface area contributed by atoms with Crippen molar-refractivity contribution in [3.63, 3.8) is 0 Å². The number of hydrogen-bond acceptors (Lipinski definition) is 4. The number of likely N-dealkylation sites (N-methyl/N-ethyl adjacent to an activating group) is 1. The van der Waals surface area contributed by atoms with Gasteiger partial charge >= 0.3 is 0 Å². The molecule has 0 saturated carbocycles. The minimum Gasteiger partial charge on any atom is -0.363 e. The number of aromatic nitrogens is 1. The van der Waals surface area contributed by atoms with E-state index in [1.165, 1.54) is 0 Å². The van der Waals surface area contributed by atoms with Gasteiger partial charge in [-0.1, -0.05) is 12.1 Å². The minimum absolute atomic E-state index is 0.0660. The van der Waals surface area contributed by atoms with Crippen molar-refractivity contribution in [2.75, 3.05) is 20.1 Å². The molecule has 1 amide bonds. The first-order valence-corrected chi connectivity index (χ1v) is 8.34. The van der Waals surface area contributed by atoms with Gasteiger partial charge in [0.15, 0.2) is 0 Å². The van der Waals surface area contributed by atoms with Crippen LogP contribution in [0.1, 0.15) is 25.0 Å². The number of likely N-dealkylation sites (tertiary alicyclic amines) is 1. The van der Waals surface area contributed by atoms with E-state index in [9.17, 15) is 4.79 Å². The number of rotatable bonds is 5. The predicted octanol–water partition coefficient (Wildman–Crippen LogP) is 1.85. The fourth-order valence-electron chi connectivity index (χ4n) is 3.65. The maximum absolute atomic E-state index is 12.6. The van der Waals surface area contributed by atoms with E-state index >= 15 is 0 Å². The van der Waals surface area contributed by atoms with Gasteiger partial charge in [-0.2, -0.15) is 0 Å². The number of carbonyl (C=O) groups excluding carboxylic acids is 1. The molecule has 3 atom stereocenters. The van der Waals surface area contributed by atoms with Crippen LogP contribution in [0.3, 0.4) is 0 Å². The van der Waals surface area contributed by atoms with Crippen LogP contribution in [0.4, 0.5) is 0 Å².